The van der Waals surface area contributed by atoms with Gasteiger partial charge in [-0.2, -0.15) is 0 Å². The second kappa shape index (κ2) is 15.3. The molecule has 3 amide bonds. The van der Waals surface area contributed by atoms with Crippen LogP contribution in [0.15, 0.2) is 73.3 Å². The highest BCUT2D eigenvalue weighted by molar-refractivity contribution is 6.42. The number of carbonyl (C=O) groups excluding carboxylic acids is 3. The zero-order valence-corrected chi connectivity index (χ0v) is 26.0. The first-order chi connectivity index (χ1) is 21.6. The summed E-state index contributed by atoms with van der Waals surface area (Å²) in [4.78, 5) is 41.5. The van der Waals surface area contributed by atoms with E-state index in [4.69, 9.17) is 23.2 Å². The lowest BCUT2D eigenvalue weighted by molar-refractivity contribution is -0.199. The zero-order valence-electron chi connectivity index (χ0n) is 24.5. The van der Waals surface area contributed by atoms with Gasteiger partial charge in [0.1, 0.15) is 29.6 Å². The molecule has 45 heavy (non-hydrogen) atoms. The molecular formula is C32H33Cl2F2N5O4. The Bertz CT molecular complexity index is 1540. The van der Waals surface area contributed by atoms with Crippen molar-refractivity contribution in [2.75, 3.05) is 26.7 Å². The number of phenols is 1. The number of fused-ring (bicyclic) bond motifs is 1. The number of phenolic OH excluding ortho intramolecular Hbond substituents is 1. The lowest BCUT2D eigenvalue weighted by Crippen LogP contribution is -2.74. The van der Waals surface area contributed by atoms with Crippen LogP contribution in [0.1, 0.15) is 16.7 Å². The molecule has 13 heteroatoms. The smallest absolute Gasteiger partial charge is 0.246 e. The molecule has 2 N–H and O–H groups in total. The van der Waals surface area contributed by atoms with Crippen molar-refractivity contribution < 1.29 is 28.3 Å². The van der Waals surface area contributed by atoms with E-state index >= 15 is 0 Å². The number of rotatable bonds is 9. The predicted octanol–water partition coefficient (Wildman–Crippen LogP) is 4.37. The summed E-state index contributed by atoms with van der Waals surface area (Å²) < 4.78 is 27.7. The molecule has 2 aliphatic heterocycles. The number of aromatic hydroxyl groups is 1. The van der Waals surface area contributed by atoms with Crippen LogP contribution in [0.5, 0.6) is 5.75 Å². The summed E-state index contributed by atoms with van der Waals surface area (Å²) in [6.45, 7) is 4.43. The van der Waals surface area contributed by atoms with Gasteiger partial charge in [0.15, 0.2) is 0 Å². The van der Waals surface area contributed by atoms with E-state index in [1.54, 1.807) is 24.3 Å². The van der Waals surface area contributed by atoms with E-state index in [1.807, 2.05) is 19.2 Å². The van der Waals surface area contributed by atoms with Crippen LogP contribution in [0, 0.1) is 11.6 Å². The van der Waals surface area contributed by atoms with E-state index < -0.39 is 29.7 Å². The van der Waals surface area contributed by atoms with Crippen molar-refractivity contribution >= 4 is 41.4 Å². The molecule has 1 unspecified atom stereocenters. The molecule has 0 aliphatic carbocycles. The predicted molar refractivity (Wildman–Crippen MR) is 167 cm³/mol. The maximum atomic E-state index is 14.4. The van der Waals surface area contributed by atoms with Crippen LogP contribution in [0.3, 0.4) is 0 Å². The van der Waals surface area contributed by atoms with Crippen molar-refractivity contribution in [1.29, 1.82) is 0 Å². The Morgan fingerprint density at radius 2 is 1.73 bits per heavy atom. The molecule has 238 valence electrons. The summed E-state index contributed by atoms with van der Waals surface area (Å²) in [6, 6.07) is 14.0. The monoisotopic (exact) mass is 659 g/mol. The Morgan fingerprint density at radius 3 is 2.36 bits per heavy atom. The van der Waals surface area contributed by atoms with Crippen molar-refractivity contribution in [3.8, 4) is 5.75 Å². The van der Waals surface area contributed by atoms with Crippen molar-refractivity contribution in [1.82, 2.24) is 25.1 Å². The quantitative estimate of drug-likeness (QED) is 0.262. The van der Waals surface area contributed by atoms with E-state index in [0.29, 0.717) is 22.0 Å². The van der Waals surface area contributed by atoms with Gasteiger partial charge >= 0.3 is 0 Å². The van der Waals surface area contributed by atoms with Crippen molar-refractivity contribution in [3.63, 3.8) is 0 Å². The Hall–Kier alpha value is -4.03. The summed E-state index contributed by atoms with van der Waals surface area (Å²) in [5, 5.41) is 16.7. The Morgan fingerprint density at radius 1 is 1.02 bits per heavy atom. The molecular weight excluding hydrogens is 627 g/mol. The summed E-state index contributed by atoms with van der Waals surface area (Å²) in [5.41, 5.74) is 1.96. The second-order valence-corrected chi connectivity index (χ2v) is 11.3. The van der Waals surface area contributed by atoms with Crippen LogP contribution in [-0.2, 0) is 33.9 Å². The van der Waals surface area contributed by atoms with Crippen LogP contribution in [0.2, 0.25) is 10.0 Å². The Balaban J connectivity index is 0.000000354. The number of nitrogens with zero attached hydrogens (tertiary/aromatic N) is 4. The molecule has 0 spiro atoms. The Labute approximate surface area is 270 Å². The molecule has 2 aliphatic rings. The maximum Gasteiger partial charge on any atom is 0.246 e. The first-order valence-electron chi connectivity index (χ1n) is 14.1. The number of piperazine rings is 1. The van der Waals surface area contributed by atoms with Crippen molar-refractivity contribution in [2.24, 2.45) is 0 Å². The lowest BCUT2D eigenvalue weighted by atomic mass is 9.98. The second-order valence-electron chi connectivity index (χ2n) is 10.5. The summed E-state index contributed by atoms with van der Waals surface area (Å²) in [6.07, 6.45) is 1.49. The molecule has 3 aromatic rings. The maximum absolute atomic E-state index is 14.4. The first-order valence-corrected chi connectivity index (χ1v) is 14.8. The largest absolute Gasteiger partial charge is 0.508 e. The molecule has 0 radical (unpaired) electrons. The topological polar surface area (TPSA) is 96.4 Å². The van der Waals surface area contributed by atoms with Gasteiger partial charge in [0.05, 0.1) is 23.1 Å². The summed E-state index contributed by atoms with van der Waals surface area (Å²) in [7, 11) is 1.89. The van der Waals surface area contributed by atoms with Gasteiger partial charge in [-0.3, -0.25) is 19.4 Å². The summed E-state index contributed by atoms with van der Waals surface area (Å²) >= 11 is 11.5. The lowest BCUT2D eigenvalue weighted by Gasteiger charge is -2.54. The van der Waals surface area contributed by atoms with Gasteiger partial charge in [-0.25, -0.2) is 13.8 Å². The van der Waals surface area contributed by atoms with Gasteiger partial charge in [-0.1, -0.05) is 53.5 Å². The van der Waals surface area contributed by atoms with Gasteiger partial charge in [0.25, 0.3) is 0 Å². The van der Waals surface area contributed by atoms with E-state index in [2.05, 4.69) is 11.9 Å². The fourth-order valence-electron chi connectivity index (χ4n) is 5.31. The van der Waals surface area contributed by atoms with Crippen LogP contribution in [-0.4, -0.2) is 82.0 Å². The van der Waals surface area contributed by atoms with E-state index in [1.165, 1.54) is 38.0 Å². The number of benzene rings is 3. The highest BCUT2D eigenvalue weighted by Gasteiger charge is 2.49. The molecule has 9 nitrogen and oxygen atoms in total. The fourth-order valence-corrected chi connectivity index (χ4v) is 5.63. The van der Waals surface area contributed by atoms with E-state index in [0.717, 1.165) is 24.2 Å². The molecule has 0 saturated carbocycles. The van der Waals surface area contributed by atoms with Crippen molar-refractivity contribution in [2.45, 2.75) is 31.7 Å². The third kappa shape index (κ3) is 8.17. The number of hydrazine groups is 1. The minimum atomic E-state index is -0.951. The van der Waals surface area contributed by atoms with Gasteiger partial charge in [-0.15, -0.1) is 6.58 Å². The van der Waals surface area contributed by atoms with E-state index in [9.17, 15) is 28.3 Å². The number of halogens is 4. The zero-order chi connectivity index (χ0) is 32.7. The number of hydrogen-bond acceptors (Lipinski definition) is 6. The average Bonchev–Trinajstić information content (AvgIpc) is 3.00. The van der Waals surface area contributed by atoms with Gasteiger partial charge in [-0.05, 0) is 48.5 Å². The standard InChI is InChI=1S/C24H24F2N4O4.C8H9Cl2N/c1-2-9-28-14-23(33)30-21(10-16-3-7-19(32)8-4-16)24(34)27(13-22(30)29(28)15-31)12-17-5-6-18(25)11-20(17)26;1-11-5-6-2-3-7(9)8(10)4-6/h2-8,11,15,21-22,32H,1,9-10,12-14H2;2-4,11H,5H2,1H3/t21-,22?;/m0./s1. The third-order valence-electron chi connectivity index (χ3n) is 7.43. The molecule has 5 rings (SSSR count). The van der Waals surface area contributed by atoms with Gasteiger partial charge in [0.2, 0.25) is 18.2 Å². The molecule has 2 atom stereocenters. The van der Waals surface area contributed by atoms with Crippen molar-refractivity contribution in [3.05, 3.63) is 112 Å². The molecule has 0 aromatic heterocycles. The average molecular weight is 661 g/mol. The minimum absolute atomic E-state index is 0.0418. The molecule has 0 bridgehead atoms. The minimum Gasteiger partial charge on any atom is -0.508 e. The van der Waals surface area contributed by atoms with Crippen LogP contribution >= 0.6 is 23.2 Å². The normalized spacial score (nSPS) is 18.3. The third-order valence-corrected chi connectivity index (χ3v) is 8.17. The summed E-state index contributed by atoms with van der Waals surface area (Å²) in [5.74, 6) is -2.19. The number of amides is 3. The van der Waals surface area contributed by atoms with Gasteiger partial charge in [0, 0.05) is 37.7 Å². The molecule has 2 saturated heterocycles. The molecule has 3 aromatic carbocycles. The Kier molecular flexibility index (Phi) is 11.5. The van der Waals surface area contributed by atoms with Gasteiger partial charge < -0.3 is 20.2 Å². The van der Waals surface area contributed by atoms with Crippen LogP contribution in [0.4, 0.5) is 8.78 Å². The molecule has 2 fully saturated rings. The first kappa shape index (κ1) is 33.9. The number of hydrogen-bond donors (Lipinski definition) is 2. The highest BCUT2D eigenvalue weighted by Crippen LogP contribution is 2.29. The van der Waals surface area contributed by atoms with E-state index in [-0.39, 0.29) is 49.8 Å². The molecule has 2 heterocycles. The fraction of sp³-hybridized carbons (Fsp3) is 0.281. The highest BCUT2D eigenvalue weighted by atomic mass is 35.5. The van der Waals surface area contributed by atoms with Crippen LogP contribution in [0.25, 0.3) is 0 Å². The SMILES string of the molecule is C=CCN1CC(=O)N2C(CN(Cc3ccc(F)cc3F)C(=O)[C@@H]2Cc2ccc(O)cc2)N1C=O.CNCc1ccc(Cl)c(Cl)c1. The van der Waals surface area contributed by atoms with Crippen LogP contribution < -0.4 is 5.32 Å². The number of nitrogens with one attached hydrogen (secondary N) is 1. The number of carbonyl (C=O) groups is 3.